The molecular formula is C18H22N4OS. The number of aryl methyl sites for hydroxylation is 1. The Kier molecular flexibility index (Phi) is 4.10. The molecule has 0 bridgehead atoms. The van der Waals surface area contributed by atoms with Crippen LogP contribution in [-0.2, 0) is 17.9 Å². The molecule has 1 amide bonds. The zero-order valence-corrected chi connectivity index (χ0v) is 14.8. The maximum Gasteiger partial charge on any atom is 0.223 e. The number of carbonyl (C=O) groups is 1. The Bertz CT molecular complexity index is 732. The molecule has 0 aromatic carbocycles. The van der Waals surface area contributed by atoms with Crippen LogP contribution in [0.1, 0.15) is 29.2 Å². The maximum atomic E-state index is 12.5. The molecule has 126 valence electrons. The first kappa shape index (κ1) is 15.7. The highest BCUT2D eigenvalue weighted by atomic mass is 32.1. The lowest BCUT2D eigenvalue weighted by Crippen LogP contribution is -2.31. The van der Waals surface area contributed by atoms with E-state index in [9.17, 15) is 4.79 Å². The summed E-state index contributed by atoms with van der Waals surface area (Å²) in [6.07, 6.45) is 3.62. The quantitative estimate of drug-likeness (QED) is 0.856. The van der Waals surface area contributed by atoms with Crippen molar-refractivity contribution in [1.29, 1.82) is 0 Å². The minimum Gasteiger partial charge on any atom is -0.336 e. The van der Waals surface area contributed by atoms with Crippen LogP contribution in [0.4, 0.5) is 0 Å². The highest BCUT2D eigenvalue weighted by molar-refractivity contribution is 7.09. The van der Waals surface area contributed by atoms with E-state index in [-0.39, 0.29) is 11.3 Å². The smallest absolute Gasteiger partial charge is 0.223 e. The van der Waals surface area contributed by atoms with Crippen LogP contribution < -0.4 is 0 Å². The van der Waals surface area contributed by atoms with Gasteiger partial charge in [0, 0.05) is 43.0 Å². The lowest BCUT2D eigenvalue weighted by molar-refractivity contribution is -0.128. The minimum atomic E-state index is 0.122. The van der Waals surface area contributed by atoms with Crippen molar-refractivity contribution < 1.29 is 4.79 Å². The summed E-state index contributed by atoms with van der Waals surface area (Å²) in [5, 5.41) is 3.13. The lowest BCUT2D eigenvalue weighted by Gasteiger charge is -2.24. The second-order valence-electron chi connectivity index (χ2n) is 7.07. The molecule has 6 heteroatoms. The van der Waals surface area contributed by atoms with Crippen molar-refractivity contribution in [3.8, 4) is 0 Å². The summed E-state index contributed by atoms with van der Waals surface area (Å²) in [6.45, 7) is 6.44. The average molecular weight is 342 g/mol. The maximum absolute atomic E-state index is 12.5. The van der Waals surface area contributed by atoms with Crippen LogP contribution in [0.15, 0.2) is 29.8 Å². The standard InChI is InChI=1S/C18H22N4OS/c1-14-20-16(11-24-14)10-22-13-18(8-17(22)23)5-7-21(12-18)9-15-4-2-3-6-19-15/h2-4,6,11H,5,7-10,12-13H2,1H3/t18-/m0/s1. The van der Waals surface area contributed by atoms with E-state index in [1.807, 2.05) is 30.2 Å². The van der Waals surface area contributed by atoms with Gasteiger partial charge in [-0.1, -0.05) is 6.07 Å². The second-order valence-corrected chi connectivity index (χ2v) is 8.13. The molecule has 2 fully saturated rings. The van der Waals surface area contributed by atoms with Crippen LogP contribution in [0, 0.1) is 12.3 Å². The van der Waals surface area contributed by atoms with Crippen molar-refractivity contribution in [3.63, 3.8) is 0 Å². The molecule has 0 unspecified atom stereocenters. The normalized spacial score (nSPS) is 24.4. The molecule has 5 nitrogen and oxygen atoms in total. The van der Waals surface area contributed by atoms with Gasteiger partial charge in [-0.2, -0.15) is 0 Å². The molecule has 1 spiro atoms. The fourth-order valence-electron chi connectivity index (χ4n) is 3.96. The fraction of sp³-hybridized carbons (Fsp3) is 0.500. The van der Waals surface area contributed by atoms with E-state index in [1.165, 1.54) is 0 Å². The molecule has 0 saturated carbocycles. The van der Waals surface area contributed by atoms with Gasteiger partial charge in [-0.25, -0.2) is 4.98 Å². The Morgan fingerprint density at radius 3 is 2.92 bits per heavy atom. The van der Waals surface area contributed by atoms with Crippen LogP contribution in [0.25, 0.3) is 0 Å². The Morgan fingerprint density at radius 1 is 1.25 bits per heavy atom. The van der Waals surface area contributed by atoms with Gasteiger partial charge < -0.3 is 4.90 Å². The van der Waals surface area contributed by atoms with Gasteiger partial charge in [0.2, 0.25) is 5.91 Å². The number of pyridine rings is 1. The molecule has 2 saturated heterocycles. The molecule has 1 atom stereocenters. The number of likely N-dealkylation sites (tertiary alicyclic amines) is 2. The summed E-state index contributed by atoms with van der Waals surface area (Å²) in [5.41, 5.74) is 2.25. The van der Waals surface area contributed by atoms with Crippen LogP contribution in [0.5, 0.6) is 0 Å². The highest BCUT2D eigenvalue weighted by Crippen LogP contribution is 2.41. The number of nitrogens with zero attached hydrogens (tertiary/aromatic N) is 4. The molecule has 0 aliphatic carbocycles. The van der Waals surface area contributed by atoms with Gasteiger partial charge in [-0.15, -0.1) is 11.3 Å². The van der Waals surface area contributed by atoms with E-state index >= 15 is 0 Å². The van der Waals surface area contributed by atoms with E-state index in [2.05, 4.69) is 26.3 Å². The molecular weight excluding hydrogens is 320 g/mol. The largest absolute Gasteiger partial charge is 0.336 e. The second kappa shape index (κ2) is 6.26. The van der Waals surface area contributed by atoms with Gasteiger partial charge in [0.15, 0.2) is 0 Å². The summed E-state index contributed by atoms with van der Waals surface area (Å²) in [6, 6.07) is 6.05. The predicted octanol–water partition coefficient (Wildman–Crippen LogP) is 2.47. The van der Waals surface area contributed by atoms with Crippen molar-refractivity contribution in [3.05, 3.63) is 46.2 Å². The van der Waals surface area contributed by atoms with Crippen LogP contribution in [0.2, 0.25) is 0 Å². The van der Waals surface area contributed by atoms with Gasteiger partial charge in [0.1, 0.15) is 0 Å². The predicted molar refractivity (Wildman–Crippen MR) is 93.4 cm³/mol. The first-order valence-corrected chi connectivity index (χ1v) is 9.31. The summed E-state index contributed by atoms with van der Waals surface area (Å²) >= 11 is 1.65. The lowest BCUT2D eigenvalue weighted by atomic mass is 9.86. The number of amides is 1. The Labute approximate surface area is 146 Å². The van der Waals surface area contributed by atoms with E-state index in [4.69, 9.17) is 0 Å². The topological polar surface area (TPSA) is 49.3 Å². The highest BCUT2D eigenvalue weighted by Gasteiger charge is 2.47. The molecule has 2 aliphatic rings. The van der Waals surface area contributed by atoms with Gasteiger partial charge in [-0.05, 0) is 32.0 Å². The fourth-order valence-corrected chi connectivity index (χ4v) is 4.56. The first-order chi connectivity index (χ1) is 11.6. The summed E-state index contributed by atoms with van der Waals surface area (Å²) in [4.78, 5) is 25.8. The van der Waals surface area contributed by atoms with Crippen molar-refractivity contribution in [2.24, 2.45) is 5.41 Å². The summed E-state index contributed by atoms with van der Waals surface area (Å²) < 4.78 is 0. The Hall–Kier alpha value is -1.79. The molecule has 0 radical (unpaired) electrons. The van der Waals surface area contributed by atoms with E-state index in [1.54, 1.807) is 11.3 Å². The molecule has 0 N–H and O–H groups in total. The number of aromatic nitrogens is 2. The Morgan fingerprint density at radius 2 is 2.17 bits per heavy atom. The van der Waals surface area contributed by atoms with Gasteiger partial charge in [0.25, 0.3) is 0 Å². The van der Waals surface area contributed by atoms with E-state index in [0.29, 0.717) is 13.0 Å². The van der Waals surface area contributed by atoms with Crippen LogP contribution in [-0.4, -0.2) is 45.3 Å². The van der Waals surface area contributed by atoms with E-state index in [0.717, 1.165) is 49.0 Å². The number of carbonyl (C=O) groups excluding carboxylic acids is 1. The number of hydrogen-bond acceptors (Lipinski definition) is 5. The SMILES string of the molecule is Cc1nc(CN2C[C@@]3(CCN(Cc4ccccn4)C3)CC2=O)cs1. The van der Waals surface area contributed by atoms with Crippen LogP contribution in [0.3, 0.4) is 0 Å². The number of rotatable bonds is 4. The van der Waals surface area contributed by atoms with Crippen molar-refractivity contribution in [2.75, 3.05) is 19.6 Å². The summed E-state index contributed by atoms with van der Waals surface area (Å²) in [7, 11) is 0. The summed E-state index contributed by atoms with van der Waals surface area (Å²) in [5.74, 6) is 0.278. The third-order valence-corrected chi connectivity index (χ3v) is 5.88. The first-order valence-electron chi connectivity index (χ1n) is 8.43. The number of hydrogen-bond donors (Lipinski definition) is 0. The molecule has 2 aromatic rings. The van der Waals surface area contributed by atoms with Crippen LogP contribution >= 0.6 is 11.3 Å². The van der Waals surface area contributed by atoms with Gasteiger partial charge in [0.05, 0.1) is 22.9 Å². The van der Waals surface area contributed by atoms with Crippen molar-refractivity contribution in [1.82, 2.24) is 19.8 Å². The third-order valence-electron chi connectivity index (χ3n) is 5.05. The molecule has 2 aromatic heterocycles. The average Bonchev–Trinajstić information content (AvgIpc) is 3.22. The van der Waals surface area contributed by atoms with Gasteiger partial charge >= 0.3 is 0 Å². The van der Waals surface area contributed by atoms with Gasteiger partial charge in [-0.3, -0.25) is 14.7 Å². The number of thiazole rings is 1. The van der Waals surface area contributed by atoms with Crippen molar-refractivity contribution in [2.45, 2.75) is 32.9 Å². The zero-order chi connectivity index (χ0) is 16.6. The van der Waals surface area contributed by atoms with Crippen molar-refractivity contribution >= 4 is 17.2 Å². The molecule has 2 aliphatic heterocycles. The minimum absolute atomic E-state index is 0.122. The molecule has 4 rings (SSSR count). The monoisotopic (exact) mass is 342 g/mol. The Balaban J connectivity index is 1.39. The van der Waals surface area contributed by atoms with E-state index < -0.39 is 0 Å². The third kappa shape index (κ3) is 3.21. The zero-order valence-electron chi connectivity index (χ0n) is 13.9. The molecule has 4 heterocycles. The molecule has 24 heavy (non-hydrogen) atoms.